The molecule has 1 aromatic carbocycles. The number of hydrogen-bond acceptors (Lipinski definition) is 6. The smallest absolute Gasteiger partial charge is 0.341 e. The zero-order chi connectivity index (χ0) is 19.3. The molecule has 11 heteroatoms. The average Bonchev–Trinajstić information content (AvgIpc) is 3.19. The van der Waals surface area contributed by atoms with E-state index in [0.717, 1.165) is 29.6 Å². The SMILES string of the molecule is O=C(CSc1ccc(C(F)(F)F)cn1)NC(c1ccccc1)c1nn[nH]n1. The highest BCUT2D eigenvalue weighted by Gasteiger charge is 2.30. The van der Waals surface area contributed by atoms with E-state index in [-0.39, 0.29) is 11.7 Å². The lowest BCUT2D eigenvalue weighted by Crippen LogP contribution is -2.31. The Morgan fingerprint density at radius 2 is 1.96 bits per heavy atom. The van der Waals surface area contributed by atoms with Gasteiger partial charge in [-0.15, -0.1) is 10.2 Å². The molecule has 27 heavy (non-hydrogen) atoms. The van der Waals surface area contributed by atoms with Gasteiger partial charge in [-0.05, 0) is 17.7 Å². The first-order chi connectivity index (χ1) is 12.9. The number of hydrogen-bond donors (Lipinski definition) is 2. The molecule has 7 nitrogen and oxygen atoms in total. The summed E-state index contributed by atoms with van der Waals surface area (Å²) in [6.07, 6.45) is -3.70. The Morgan fingerprint density at radius 3 is 2.56 bits per heavy atom. The fourth-order valence-corrected chi connectivity index (χ4v) is 2.86. The molecule has 1 atom stereocenters. The number of aromatic amines is 1. The van der Waals surface area contributed by atoms with Crippen molar-refractivity contribution in [3.05, 3.63) is 65.6 Å². The van der Waals surface area contributed by atoms with Crippen molar-refractivity contribution >= 4 is 17.7 Å². The van der Waals surface area contributed by atoms with Crippen LogP contribution >= 0.6 is 11.8 Å². The number of pyridine rings is 1. The van der Waals surface area contributed by atoms with E-state index in [9.17, 15) is 18.0 Å². The highest BCUT2D eigenvalue weighted by atomic mass is 32.2. The summed E-state index contributed by atoms with van der Waals surface area (Å²) in [6, 6.07) is 10.7. The van der Waals surface area contributed by atoms with Gasteiger partial charge in [-0.2, -0.15) is 18.4 Å². The third kappa shape index (κ3) is 5.03. The molecule has 140 valence electrons. The zero-order valence-corrected chi connectivity index (χ0v) is 14.5. The van der Waals surface area contributed by atoms with E-state index in [4.69, 9.17) is 0 Å². The number of carbonyl (C=O) groups excluding carboxylic acids is 1. The van der Waals surface area contributed by atoms with Crippen LogP contribution in [0.2, 0.25) is 0 Å². The van der Waals surface area contributed by atoms with Gasteiger partial charge in [-0.1, -0.05) is 47.3 Å². The Hall–Kier alpha value is -2.95. The van der Waals surface area contributed by atoms with Crippen LogP contribution in [0.1, 0.15) is 23.0 Å². The number of nitrogens with one attached hydrogen (secondary N) is 2. The van der Waals surface area contributed by atoms with E-state index >= 15 is 0 Å². The summed E-state index contributed by atoms with van der Waals surface area (Å²) in [5.74, 6) is -0.0768. The number of benzene rings is 1. The number of rotatable bonds is 6. The van der Waals surface area contributed by atoms with Crippen molar-refractivity contribution in [1.29, 1.82) is 0 Å². The van der Waals surface area contributed by atoms with Crippen LogP contribution in [0.3, 0.4) is 0 Å². The zero-order valence-electron chi connectivity index (χ0n) is 13.6. The van der Waals surface area contributed by atoms with Crippen molar-refractivity contribution in [1.82, 2.24) is 30.9 Å². The average molecular weight is 394 g/mol. The summed E-state index contributed by atoms with van der Waals surface area (Å²) < 4.78 is 37.6. The van der Waals surface area contributed by atoms with E-state index in [1.165, 1.54) is 6.07 Å². The quantitative estimate of drug-likeness (QED) is 0.624. The van der Waals surface area contributed by atoms with E-state index in [1.54, 1.807) is 0 Å². The normalized spacial score (nSPS) is 12.6. The van der Waals surface area contributed by atoms with Crippen LogP contribution < -0.4 is 5.32 Å². The summed E-state index contributed by atoms with van der Waals surface area (Å²) in [4.78, 5) is 16.0. The molecule has 0 fully saturated rings. The third-order valence-electron chi connectivity index (χ3n) is 3.47. The first-order valence-electron chi connectivity index (χ1n) is 7.67. The van der Waals surface area contributed by atoms with Gasteiger partial charge in [0.2, 0.25) is 11.7 Å². The number of aromatic nitrogens is 5. The van der Waals surface area contributed by atoms with Gasteiger partial charge in [-0.3, -0.25) is 4.79 Å². The number of H-pyrrole nitrogens is 1. The monoisotopic (exact) mass is 394 g/mol. The molecule has 3 rings (SSSR count). The van der Waals surface area contributed by atoms with E-state index in [1.807, 2.05) is 30.3 Å². The van der Waals surface area contributed by atoms with Gasteiger partial charge < -0.3 is 5.32 Å². The van der Waals surface area contributed by atoms with E-state index in [0.29, 0.717) is 10.9 Å². The van der Waals surface area contributed by atoms with Crippen LogP contribution in [0.15, 0.2) is 53.7 Å². The Morgan fingerprint density at radius 1 is 1.19 bits per heavy atom. The van der Waals surface area contributed by atoms with Crippen LogP contribution in [0, 0.1) is 0 Å². The summed E-state index contributed by atoms with van der Waals surface area (Å²) in [6.45, 7) is 0. The molecule has 0 bridgehead atoms. The van der Waals surface area contributed by atoms with Crippen LogP contribution in [-0.2, 0) is 11.0 Å². The van der Waals surface area contributed by atoms with Gasteiger partial charge in [0.25, 0.3) is 0 Å². The van der Waals surface area contributed by atoms with Gasteiger partial charge in [-0.25, -0.2) is 4.98 Å². The first-order valence-corrected chi connectivity index (χ1v) is 8.66. The van der Waals surface area contributed by atoms with Crippen LogP contribution in [-0.4, -0.2) is 37.3 Å². The summed E-state index contributed by atoms with van der Waals surface area (Å²) >= 11 is 1.03. The standard InChI is InChI=1S/C16H13F3N6OS/c17-16(18,19)11-6-7-13(20-8-11)27-9-12(26)21-14(15-22-24-25-23-15)10-4-2-1-3-5-10/h1-8,14H,9H2,(H,21,26)(H,22,23,24,25). The summed E-state index contributed by atoms with van der Waals surface area (Å²) in [7, 11) is 0. The number of alkyl halides is 3. The van der Waals surface area contributed by atoms with Crippen molar-refractivity contribution < 1.29 is 18.0 Å². The number of tetrazole rings is 1. The minimum Gasteiger partial charge on any atom is -0.341 e. The predicted molar refractivity (Wildman–Crippen MR) is 90.6 cm³/mol. The molecule has 0 saturated carbocycles. The number of carbonyl (C=O) groups is 1. The molecule has 1 amide bonds. The Labute approximate surface area is 155 Å². The molecule has 0 aliphatic rings. The fourth-order valence-electron chi connectivity index (χ4n) is 2.21. The molecule has 2 aromatic heterocycles. The van der Waals surface area contributed by atoms with Crippen molar-refractivity contribution in [2.45, 2.75) is 17.2 Å². The van der Waals surface area contributed by atoms with Crippen molar-refractivity contribution in [3.8, 4) is 0 Å². The Kier molecular flexibility index (Phi) is 5.69. The number of thioether (sulfide) groups is 1. The molecular formula is C16H13F3N6OS. The lowest BCUT2D eigenvalue weighted by Gasteiger charge is -2.15. The molecule has 0 spiro atoms. The number of nitrogens with zero attached hydrogens (tertiary/aromatic N) is 4. The molecule has 0 aliphatic carbocycles. The van der Waals surface area contributed by atoms with Crippen LogP contribution in [0.4, 0.5) is 13.2 Å². The maximum absolute atomic E-state index is 12.5. The molecule has 1 unspecified atom stereocenters. The molecular weight excluding hydrogens is 381 g/mol. The summed E-state index contributed by atoms with van der Waals surface area (Å²) in [5, 5.41) is 16.8. The molecule has 3 aromatic rings. The minimum absolute atomic E-state index is 0.0282. The first kappa shape index (κ1) is 18.8. The van der Waals surface area contributed by atoms with Gasteiger partial charge in [0.15, 0.2) is 0 Å². The predicted octanol–water partition coefficient (Wildman–Crippen LogP) is 2.61. The lowest BCUT2D eigenvalue weighted by atomic mass is 10.1. The Balaban J connectivity index is 1.63. The Bertz CT molecular complexity index is 871. The second kappa shape index (κ2) is 8.16. The topological polar surface area (TPSA) is 96.5 Å². The fraction of sp³-hybridized carbons (Fsp3) is 0.188. The van der Waals surface area contributed by atoms with Crippen LogP contribution in [0.25, 0.3) is 0 Å². The van der Waals surface area contributed by atoms with E-state index < -0.39 is 17.8 Å². The number of halogens is 3. The minimum atomic E-state index is -4.44. The maximum atomic E-state index is 12.5. The molecule has 0 saturated heterocycles. The highest BCUT2D eigenvalue weighted by Crippen LogP contribution is 2.29. The lowest BCUT2D eigenvalue weighted by molar-refractivity contribution is -0.137. The van der Waals surface area contributed by atoms with E-state index in [2.05, 4.69) is 30.9 Å². The second-order valence-electron chi connectivity index (χ2n) is 5.35. The van der Waals surface area contributed by atoms with Gasteiger partial charge >= 0.3 is 6.18 Å². The van der Waals surface area contributed by atoms with Crippen molar-refractivity contribution in [3.63, 3.8) is 0 Å². The molecule has 0 aliphatic heterocycles. The van der Waals surface area contributed by atoms with Crippen molar-refractivity contribution in [2.24, 2.45) is 0 Å². The number of amides is 1. The maximum Gasteiger partial charge on any atom is 0.417 e. The molecule has 2 N–H and O–H groups in total. The summed E-state index contributed by atoms with van der Waals surface area (Å²) in [5.41, 5.74) is -0.0672. The van der Waals surface area contributed by atoms with Gasteiger partial charge in [0.05, 0.1) is 16.3 Å². The third-order valence-corrected chi connectivity index (χ3v) is 4.42. The van der Waals surface area contributed by atoms with Gasteiger partial charge in [0.1, 0.15) is 6.04 Å². The highest BCUT2D eigenvalue weighted by molar-refractivity contribution is 7.99. The van der Waals surface area contributed by atoms with Gasteiger partial charge in [0, 0.05) is 6.20 Å². The molecule has 2 heterocycles. The molecule has 0 radical (unpaired) electrons. The largest absolute Gasteiger partial charge is 0.417 e. The van der Waals surface area contributed by atoms with Crippen LogP contribution in [0.5, 0.6) is 0 Å². The second-order valence-corrected chi connectivity index (χ2v) is 6.35. The van der Waals surface area contributed by atoms with Crippen molar-refractivity contribution in [2.75, 3.05) is 5.75 Å².